The zero-order valence-corrected chi connectivity index (χ0v) is 16.7. The van der Waals surface area contributed by atoms with Gasteiger partial charge in [-0.1, -0.05) is 54.3 Å². The van der Waals surface area contributed by atoms with Crippen LogP contribution in [0, 0.1) is 0 Å². The van der Waals surface area contributed by atoms with Gasteiger partial charge in [-0.15, -0.1) is 0 Å². The normalized spacial score (nSPS) is 15.6. The van der Waals surface area contributed by atoms with Gasteiger partial charge in [0.25, 0.3) is 5.91 Å². The predicted molar refractivity (Wildman–Crippen MR) is 112 cm³/mol. The van der Waals surface area contributed by atoms with Gasteiger partial charge in [-0.05, 0) is 29.8 Å². The van der Waals surface area contributed by atoms with Gasteiger partial charge in [0.15, 0.2) is 0 Å². The molecule has 2 aromatic carbocycles. The molecule has 0 unspecified atom stereocenters. The number of hydrogen-bond donors (Lipinski definition) is 0. The fourth-order valence-electron chi connectivity index (χ4n) is 2.83. The first-order valence-electron chi connectivity index (χ1n) is 8.52. The van der Waals surface area contributed by atoms with Gasteiger partial charge in [-0.25, -0.2) is 0 Å². The summed E-state index contributed by atoms with van der Waals surface area (Å²) in [5, 5.41) is 2.07. The molecule has 0 bridgehead atoms. The number of rotatable bonds is 6. The third kappa shape index (κ3) is 4.14. The summed E-state index contributed by atoms with van der Waals surface area (Å²) in [5.41, 5.74) is 0.850. The van der Waals surface area contributed by atoms with Crippen LogP contribution in [0.15, 0.2) is 41.3 Å². The molecule has 0 N–H and O–H groups in total. The van der Waals surface area contributed by atoms with Crippen LogP contribution in [-0.4, -0.2) is 41.4 Å². The molecule has 0 aromatic heterocycles. The Morgan fingerprint density at radius 2 is 2.04 bits per heavy atom. The van der Waals surface area contributed by atoms with E-state index in [2.05, 4.69) is 4.74 Å². The zero-order valence-electron chi connectivity index (χ0n) is 15.1. The lowest BCUT2D eigenvalue weighted by atomic mass is 10.0. The number of esters is 1. The highest BCUT2D eigenvalue weighted by Crippen LogP contribution is 2.37. The van der Waals surface area contributed by atoms with Crippen molar-refractivity contribution < 1.29 is 19.1 Å². The van der Waals surface area contributed by atoms with Gasteiger partial charge >= 0.3 is 5.97 Å². The summed E-state index contributed by atoms with van der Waals surface area (Å²) >= 11 is 6.56. The van der Waals surface area contributed by atoms with E-state index in [1.54, 1.807) is 0 Å². The SMILES string of the molecule is CCOc1ccc2ccccc2c1/C=C1/SC(=S)N(CCC(=O)OC)C1=O. The monoisotopic (exact) mass is 401 g/mol. The van der Waals surface area contributed by atoms with E-state index in [0.717, 1.165) is 22.1 Å². The van der Waals surface area contributed by atoms with Gasteiger partial charge in [-0.2, -0.15) is 0 Å². The van der Waals surface area contributed by atoms with E-state index in [-0.39, 0.29) is 24.8 Å². The Balaban J connectivity index is 1.96. The zero-order chi connectivity index (χ0) is 19.4. The molecule has 0 spiro atoms. The number of nitrogens with zero attached hydrogens (tertiary/aromatic N) is 1. The van der Waals surface area contributed by atoms with Gasteiger partial charge in [0.2, 0.25) is 0 Å². The molecule has 0 radical (unpaired) electrons. The highest BCUT2D eigenvalue weighted by molar-refractivity contribution is 8.26. The lowest BCUT2D eigenvalue weighted by Crippen LogP contribution is -2.30. The van der Waals surface area contributed by atoms with Crippen LogP contribution in [0.1, 0.15) is 18.9 Å². The topological polar surface area (TPSA) is 55.8 Å². The first kappa shape index (κ1) is 19.4. The fraction of sp³-hybridized carbons (Fsp3) is 0.250. The van der Waals surface area contributed by atoms with Crippen molar-refractivity contribution in [1.82, 2.24) is 4.90 Å². The minimum atomic E-state index is -0.374. The maximum Gasteiger partial charge on any atom is 0.307 e. The summed E-state index contributed by atoms with van der Waals surface area (Å²) in [4.78, 5) is 26.1. The molecule has 1 heterocycles. The lowest BCUT2D eigenvalue weighted by Gasteiger charge is -2.13. The number of methoxy groups -OCH3 is 1. The first-order valence-corrected chi connectivity index (χ1v) is 9.74. The van der Waals surface area contributed by atoms with E-state index in [1.165, 1.54) is 23.8 Å². The van der Waals surface area contributed by atoms with E-state index >= 15 is 0 Å². The molecule has 140 valence electrons. The summed E-state index contributed by atoms with van der Waals surface area (Å²) in [6, 6.07) is 11.9. The second kappa shape index (κ2) is 8.54. The van der Waals surface area contributed by atoms with Gasteiger partial charge < -0.3 is 9.47 Å². The summed E-state index contributed by atoms with van der Waals surface area (Å²) < 4.78 is 10.8. The van der Waals surface area contributed by atoms with E-state index in [9.17, 15) is 9.59 Å². The number of carbonyl (C=O) groups is 2. The molecule has 1 aliphatic rings. The van der Waals surface area contributed by atoms with Crippen molar-refractivity contribution in [3.05, 3.63) is 46.9 Å². The van der Waals surface area contributed by atoms with Crippen LogP contribution in [0.25, 0.3) is 16.8 Å². The number of ether oxygens (including phenoxy) is 2. The smallest absolute Gasteiger partial charge is 0.307 e. The van der Waals surface area contributed by atoms with Crippen molar-refractivity contribution in [2.24, 2.45) is 0 Å². The lowest BCUT2D eigenvalue weighted by molar-refractivity contribution is -0.140. The maximum atomic E-state index is 12.8. The average molecular weight is 402 g/mol. The molecule has 1 amide bonds. The number of thiocarbonyl (C=S) groups is 1. The largest absolute Gasteiger partial charge is 0.493 e. The Labute approximate surface area is 167 Å². The molecule has 5 nitrogen and oxygen atoms in total. The fourth-order valence-corrected chi connectivity index (χ4v) is 4.13. The minimum Gasteiger partial charge on any atom is -0.493 e. The van der Waals surface area contributed by atoms with E-state index in [0.29, 0.717) is 15.8 Å². The number of amides is 1. The Hall–Kier alpha value is -2.38. The Bertz CT molecular complexity index is 939. The van der Waals surface area contributed by atoms with Crippen molar-refractivity contribution in [2.75, 3.05) is 20.3 Å². The first-order chi connectivity index (χ1) is 13.0. The molecule has 1 fully saturated rings. The van der Waals surface area contributed by atoms with Crippen LogP contribution in [-0.2, 0) is 14.3 Å². The summed E-state index contributed by atoms with van der Waals surface area (Å²) in [6.07, 6.45) is 1.93. The van der Waals surface area contributed by atoms with E-state index < -0.39 is 0 Å². The quantitative estimate of drug-likeness (QED) is 0.414. The minimum absolute atomic E-state index is 0.106. The number of hydrogen-bond acceptors (Lipinski definition) is 6. The molecular formula is C20H19NO4S2. The van der Waals surface area contributed by atoms with Crippen LogP contribution >= 0.6 is 24.0 Å². The maximum absolute atomic E-state index is 12.8. The van der Waals surface area contributed by atoms with Crippen LogP contribution in [0.4, 0.5) is 0 Å². The van der Waals surface area contributed by atoms with Crippen molar-refractivity contribution in [2.45, 2.75) is 13.3 Å². The second-order valence-corrected chi connectivity index (χ2v) is 7.47. The van der Waals surface area contributed by atoms with Crippen molar-refractivity contribution in [1.29, 1.82) is 0 Å². The standard InChI is InChI=1S/C20H19NO4S2/c1-3-25-16-9-8-13-6-4-5-7-14(13)15(16)12-17-19(23)21(20(26)27-17)11-10-18(22)24-2/h4-9,12H,3,10-11H2,1-2H3/b17-12+. The predicted octanol–water partition coefficient (Wildman–Crippen LogP) is 4.00. The van der Waals surface area contributed by atoms with Gasteiger partial charge in [0, 0.05) is 12.1 Å². The Morgan fingerprint density at radius 1 is 1.26 bits per heavy atom. The third-order valence-electron chi connectivity index (χ3n) is 4.15. The molecule has 27 heavy (non-hydrogen) atoms. The molecule has 1 saturated heterocycles. The highest BCUT2D eigenvalue weighted by Gasteiger charge is 2.32. The van der Waals surface area contributed by atoms with Crippen molar-refractivity contribution >= 4 is 57.0 Å². The van der Waals surface area contributed by atoms with Gasteiger partial charge in [0.1, 0.15) is 10.1 Å². The summed E-state index contributed by atoms with van der Waals surface area (Å²) in [7, 11) is 1.32. The van der Waals surface area contributed by atoms with Crippen molar-refractivity contribution in [3.63, 3.8) is 0 Å². The van der Waals surface area contributed by atoms with Crippen LogP contribution in [0.5, 0.6) is 5.75 Å². The molecule has 2 aromatic rings. The van der Waals surface area contributed by atoms with E-state index in [1.807, 2.05) is 49.4 Å². The van der Waals surface area contributed by atoms with Crippen molar-refractivity contribution in [3.8, 4) is 5.75 Å². The average Bonchev–Trinajstić information content (AvgIpc) is 2.94. The van der Waals surface area contributed by atoms with Gasteiger partial charge in [-0.3, -0.25) is 14.5 Å². The number of benzene rings is 2. The molecule has 3 rings (SSSR count). The Morgan fingerprint density at radius 3 is 2.78 bits per heavy atom. The van der Waals surface area contributed by atoms with Crippen LogP contribution in [0.2, 0.25) is 0 Å². The van der Waals surface area contributed by atoms with Crippen LogP contribution < -0.4 is 4.74 Å². The third-order valence-corrected chi connectivity index (χ3v) is 5.52. The summed E-state index contributed by atoms with van der Waals surface area (Å²) in [6.45, 7) is 2.66. The summed E-state index contributed by atoms with van der Waals surface area (Å²) in [5.74, 6) is 0.140. The number of thioether (sulfide) groups is 1. The molecule has 0 saturated carbocycles. The van der Waals surface area contributed by atoms with Crippen LogP contribution in [0.3, 0.4) is 0 Å². The molecule has 1 aliphatic heterocycles. The highest BCUT2D eigenvalue weighted by atomic mass is 32.2. The number of carbonyl (C=O) groups excluding carboxylic acids is 2. The molecule has 0 aliphatic carbocycles. The molecular weight excluding hydrogens is 382 g/mol. The second-order valence-electron chi connectivity index (χ2n) is 5.79. The van der Waals surface area contributed by atoms with E-state index in [4.69, 9.17) is 17.0 Å². The molecule has 0 atom stereocenters. The molecule has 7 heteroatoms. The van der Waals surface area contributed by atoms with Gasteiger partial charge in [0.05, 0.1) is 25.0 Å². The Kier molecular flexibility index (Phi) is 6.13. The number of fused-ring (bicyclic) bond motifs is 1.